The lowest BCUT2D eigenvalue weighted by Gasteiger charge is -2.15. The highest BCUT2D eigenvalue weighted by molar-refractivity contribution is 6.04. The number of aromatic nitrogens is 2. The third kappa shape index (κ3) is 4.34. The second-order valence-corrected chi connectivity index (χ2v) is 7.69. The number of aliphatic hydroxyl groups excluding tert-OH is 1. The zero-order chi connectivity index (χ0) is 22.2. The summed E-state index contributed by atoms with van der Waals surface area (Å²) in [6.07, 6.45) is -2.62. The summed E-state index contributed by atoms with van der Waals surface area (Å²) in [5, 5.41) is 16.2. The Morgan fingerprint density at radius 3 is 2.32 bits per heavy atom. The third-order valence-electron chi connectivity index (χ3n) is 5.47. The van der Waals surface area contributed by atoms with Crippen molar-refractivity contribution in [2.75, 3.05) is 5.32 Å². The van der Waals surface area contributed by atoms with Crippen LogP contribution in [0.2, 0.25) is 0 Å². The monoisotopic (exact) mass is 429 g/mol. The van der Waals surface area contributed by atoms with Crippen molar-refractivity contribution in [3.63, 3.8) is 0 Å². The van der Waals surface area contributed by atoms with Crippen LogP contribution in [0.4, 0.5) is 18.9 Å². The number of benzene rings is 2. The van der Waals surface area contributed by atoms with Crippen LogP contribution in [0, 0.1) is 0 Å². The largest absolute Gasteiger partial charge is 0.435 e. The van der Waals surface area contributed by atoms with Crippen LogP contribution in [0.5, 0.6) is 0 Å². The first-order chi connectivity index (χ1) is 14.7. The number of amides is 1. The van der Waals surface area contributed by atoms with Crippen molar-refractivity contribution in [3.05, 3.63) is 76.6 Å². The maximum atomic E-state index is 13.4. The summed E-state index contributed by atoms with van der Waals surface area (Å²) in [5.41, 5.74) is 2.24. The Morgan fingerprint density at radius 1 is 1.06 bits per heavy atom. The fourth-order valence-electron chi connectivity index (χ4n) is 3.84. The predicted octanol–water partition coefficient (Wildman–Crippen LogP) is 5.08. The topological polar surface area (TPSA) is 67.2 Å². The van der Waals surface area contributed by atoms with E-state index in [0.29, 0.717) is 35.5 Å². The number of carbonyl (C=O) groups excluding carboxylic acids is 1. The molecule has 0 saturated heterocycles. The van der Waals surface area contributed by atoms with E-state index in [1.165, 1.54) is 4.68 Å². The summed E-state index contributed by atoms with van der Waals surface area (Å²) in [5.74, 6) is -0.338. The number of nitrogens with zero attached hydrogens (tertiary/aromatic N) is 2. The van der Waals surface area contributed by atoms with Crippen molar-refractivity contribution in [1.82, 2.24) is 9.78 Å². The van der Waals surface area contributed by atoms with E-state index in [-0.39, 0.29) is 11.5 Å². The number of anilines is 1. The van der Waals surface area contributed by atoms with E-state index in [1.54, 1.807) is 55.5 Å². The van der Waals surface area contributed by atoms with Gasteiger partial charge in [0.05, 0.1) is 11.8 Å². The number of carbonyl (C=O) groups is 1. The van der Waals surface area contributed by atoms with Gasteiger partial charge in [0.1, 0.15) is 0 Å². The maximum absolute atomic E-state index is 13.4. The molecule has 1 aliphatic carbocycles. The molecule has 1 aromatic heterocycles. The van der Waals surface area contributed by atoms with Gasteiger partial charge in [-0.05, 0) is 74.6 Å². The molecule has 1 atom stereocenters. The number of rotatable bonds is 4. The molecule has 0 bridgehead atoms. The van der Waals surface area contributed by atoms with E-state index in [4.69, 9.17) is 0 Å². The highest BCUT2D eigenvalue weighted by Crippen LogP contribution is 2.36. The van der Waals surface area contributed by atoms with Crippen LogP contribution in [0.25, 0.3) is 5.69 Å². The first kappa shape index (κ1) is 21.1. The molecule has 0 saturated carbocycles. The van der Waals surface area contributed by atoms with Gasteiger partial charge in [0.2, 0.25) is 0 Å². The van der Waals surface area contributed by atoms with E-state index in [2.05, 4.69) is 10.4 Å². The molecule has 1 amide bonds. The van der Waals surface area contributed by atoms with Gasteiger partial charge in [0, 0.05) is 22.5 Å². The molecule has 0 fully saturated rings. The van der Waals surface area contributed by atoms with Crippen LogP contribution in [0.3, 0.4) is 0 Å². The van der Waals surface area contributed by atoms with Crippen molar-refractivity contribution < 1.29 is 23.1 Å². The van der Waals surface area contributed by atoms with Gasteiger partial charge >= 0.3 is 6.18 Å². The lowest BCUT2D eigenvalue weighted by atomic mass is 9.95. The molecule has 0 unspecified atom stereocenters. The molecule has 3 aromatic rings. The van der Waals surface area contributed by atoms with Crippen LogP contribution >= 0.6 is 0 Å². The molecule has 31 heavy (non-hydrogen) atoms. The van der Waals surface area contributed by atoms with Gasteiger partial charge < -0.3 is 10.4 Å². The van der Waals surface area contributed by atoms with Crippen LogP contribution in [-0.4, -0.2) is 20.8 Å². The molecule has 0 radical (unpaired) electrons. The van der Waals surface area contributed by atoms with Gasteiger partial charge in [-0.2, -0.15) is 18.3 Å². The quantitative estimate of drug-likeness (QED) is 0.608. The summed E-state index contributed by atoms with van der Waals surface area (Å²) in [7, 11) is 0. The molecule has 0 spiro atoms. The molecular formula is C23H22F3N3O2. The number of alkyl halides is 3. The first-order valence-electron chi connectivity index (χ1n) is 10.1. The second kappa shape index (κ2) is 8.19. The molecule has 162 valence electrons. The molecule has 0 aliphatic heterocycles. The molecule has 5 nitrogen and oxygen atoms in total. The first-order valence-corrected chi connectivity index (χ1v) is 10.1. The lowest BCUT2D eigenvalue weighted by molar-refractivity contribution is -0.142. The van der Waals surface area contributed by atoms with Gasteiger partial charge in [-0.3, -0.25) is 4.79 Å². The van der Waals surface area contributed by atoms with Crippen LogP contribution in [0.15, 0.2) is 48.5 Å². The second-order valence-electron chi connectivity index (χ2n) is 7.69. The molecule has 2 N–H and O–H groups in total. The average Bonchev–Trinajstić information content (AvgIpc) is 3.14. The number of nitrogens with one attached hydrogen (secondary N) is 1. The zero-order valence-corrected chi connectivity index (χ0v) is 16.9. The van der Waals surface area contributed by atoms with Crippen molar-refractivity contribution in [3.8, 4) is 5.69 Å². The van der Waals surface area contributed by atoms with E-state index < -0.39 is 18.0 Å². The summed E-state index contributed by atoms with van der Waals surface area (Å²) < 4.78 is 41.6. The highest BCUT2D eigenvalue weighted by Gasteiger charge is 2.39. The van der Waals surface area contributed by atoms with Gasteiger partial charge in [-0.1, -0.05) is 12.1 Å². The van der Waals surface area contributed by atoms with Crippen LogP contribution in [0.1, 0.15) is 58.7 Å². The van der Waals surface area contributed by atoms with Gasteiger partial charge in [-0.15, -0.1) is 0 Å². The minimum Gasteiger partial charge on any atom is -0.389 e. The van der Waals surface area contributed by atoms with E-state index in [1.807, 2.05) is 0 Å². The predicted molar refractivity (Wildman–Crippen MR) is 110 cm³/mol. The Balaban J connectivity index is 1.56. The Labute approximate surface area is 177 Å². The fourth-order valence-corrected chi connectivity index (χ4v) is 3.84. The minimum atomic E-state index is -4.49. The van der Waals surface area contributed by atoms with Gasteiger partial charge in [0.25, 0.3) is 5.91 Å². The van der Waals surface area contributed by atoms with Crippen molar-refractivity contribution >= 4 is 11.6 Å². The smallest absolute Gasteiger partial charge is 0.389 e. The van der Waals surface area contributed by atoms with Crippen LogP contribution < -0.4 is 5.32 Å². The van der Waals surface area contributed by atoms with E-state index >= 15 is 0 Å². The zero-order valence-electron chi connectivity index (χ0n) is 16.9. The number of halogens is 3. The van der Waals surface area contributed by atoms with Crippen molar-refractivity contribution in [2.24, 2.45) is 0 Å². The Morgan fingerprint density at radius 2 is 1.71 bits per heavy atom. The molecule has 8 heteroatoms. The van der Waals surface area contributed by atoms with Gasteiger partial charge in [0.15, 0.2) is 5.69 Å². The Kier molecular flexibility index (Phi) is 5.58. The lowest BCUT2D eigenvalue weighted by Crippen LogP contribution is -2.12. The third-order valence-corrected chi connectivity index (χ3v) is 5.47. The number of hydrogen-bond acceptors (Lipinski definition) is 3. The summed E-state index contributed by atoms with van der Waals surface area (Å²) in [6, 6.07) is 13.2. The summed E-state index contributed by atoms with van der Waals surface area (Å²) in [6.45, 7) is 1.66. The molecule has 2 aromatic carbocycles. The fraction of sp³-hybridized carbons (Fsp3) is 0.304. The summed E-state index contributed by atoms with van der Waals surface area (Å²) in [4.78, 5) is 12.5. The number of hydrogen-bond donors (Lipinski definition) is 2. The van der Waals surface area contributed by atoms with E-state index in [9.17, 15) is 23.1 Å². The average molecular weight is 429 g/mol. The van der Waals surface area contributed by atoms with Gasteiger partial charge in [-0.25, -0.2) is 4.68 Å². The van der Waals surface area contributed by atoms with E-state index in [0.717, 1.165) is 18.4 Å². The molecule has 4 rings (SSSR count). The number of fused-ring (bicyclic) bond motifs is 1. The molecule has 1 aliphatic rings. The number of aliphatic hydroxyl groups is 1. The molecular weight excluding hydrogens is 407 g/mol. The Hall–Kier alpha value is -3.13. The normalized spacial score (nSPS) is 14.7. The molecule has 1 heterocycles. The SMILES string of the molecule is C[C@H](O)c1ccc(NC(=O)c2ccc(-n3nc(C(F)(F)F)c4c3CCCC4)cc2)cc1. The van der Waals surface area contributed by atoms with Crippen molar-refractivity contribution in [2.45, 2.75) is 44.9 Å². The van der Waals surface area contributed by atoms with Crippen LogP contribution in [-0.2, 0) is 19.0 Å². The summed E-state index contributed by atoms with van der Waals surface area (Å²) >= 11 is 0. The maximum Gasteiger partial charge on any atom is 0.435 e. The Bertz CT molecular complexity index is 1080. The van der Waals surface area contributed by atoms with Crippen molar-refractivity contribution in [1.29, 1.82) is 0 Å². The standard InChI is InChI=1S/C23H22F3N3O2/c1-14(30)15-6-10-17(11-7-15)27-22(31)16-8-12-18(13-9-16)29-20-5-3-2-4-19(20)21(28-29)23(24,25)26/h6-14,30H,2-5H2,1H3,(H,27,31)/t14-/m0/s1. The minimum absolute atomic E-state index is 0.279. The highest BCUT2D eigenvalue weighted by atomic mass is 19.4.